The number of benzene rings is 2. The molecule has 128 valence electrons. The van der Waals surface area contributed by atoms with Crippen LogP contribution < -0.4 is 0 Å². The predicted molar refractivity (Wildman–Crippen MR) is 103 cm³/mol. The summed E-state index contributed by atoms with van der Waals surface area (Å²) in [5.74, 6) is 0.778. The van der Waals surface area contributed by atoms with Crippen LogP contribution in [0.5, 0.6) is 0 Å². The van der Waals surface area contributed by atoms with E-state index in [0.29, 0.717) is 0 Å². The number of rotatable bonds is 5. The Hall–Kier alpha value is -2.88. The number of hydrogen-bond donors (Lipinski definition) is 0. The first kappa shape index (κ1) is 17.0. The van der Waals surface area contributed by atoms with Crippen LogP contribution >= 0.6 is 0 Å². The second-order valence-electron chi connectivity index (χ2n) is 6.21. The molecule has 0 saturated heterocycles. The first-order valence-electron chi connectivity index (χ1n) is 8.46. The zero-order valence-corrected chi connectivity index (χ0v) is 15.2. The van der Waals surface area contributed by atoms with Gasteiger partial charge in [0, 0.05) is 30.8 Å². The minimum Gasteiger partial charge on any atom is -0.366 e. The molecule has 0 N–H and O–H groups in total. The molecule has 3 rings (SSSR count). The molecule has 0 spiro atoms. The van der Waals surface area contributed by atoms with Crippen LogP contribution in [0, 0.1) is 13.8 Å². The molecule has 1 aromatic heterocycles. The van der Waals surface area contributed by atoms with E-state index in [1.807, 2.05) is 54.7 Å². The van der Waals surface area contributed by atoms with Gasteiger partial charge in [-0.25, -0.2) is 4.99 Å². The standard InChI is InChI=1S/C21H23N3O/c1-5-24(4)14-22-19-12-15(2)18(11-16(19)3)21-13-20(23-25-21)17-9-7-6-8-10-17/h6-14H,5H2,1-4H3/b22-14-. The lowest BCUT2D eigenvalue weighted by molar-refractivity contribution is 0.434. The molecular weight excluding hydrogens is 310 g/mol. The van der Waals surface area contributed by atoms with Crippen LogP contribution in [0.2, 0.25) is 0 Å². The summed E-state index contributed by atoms with van der Waals surface area (Å²) in [6.07, 6.45) is 1.86. The normalized spacial score (nSPS) is 11.2. The number of nitrogens with zero attached hydrogens (tertiary/aromatic N) is 3. The summed E-state index contributed by atoms with van der Waals surface area (Å²) in [7, 11) is 2.01. The van der Waals surface area contributed by atoms with E-state index in [-0.39, 0.29) is 0 Å². The highest BCUT2D eigenvalue weighted by Gasteiger charge is 2.12. The first-order valence-corrected chi connectivity index (χ1v) is 8.46. The van der Waals surface area contributed by atoms with Crippen LogP contribution in [-0.4, -0.2) is 30.0 Å². The summed E-state index contributed by atoms with van der Waals surface area (Å²) in [5.41, 5.74) is 6.15. The maximum Gasteiger partial charge on any atom is 0.167 e. The van der Waals surface area contributed by atoms with Crippen LogP contribution in [0.4, 0.5) is 5.69 Å². The Morgan fingerprint density at radius 3 is 2.56 bits per heavy atom. The highest BCUT2D eigenvalue weighted by molar-refractivity contribution is 5.73. The van der Waals surface area contributed by atoms with Crippen LogP contribution in [0.1, 0.15) is 18.1 Å². The Bertz CT molecular complexity index is 881. The molecule has 0 aliphatic heterocycles. The second-order valence-corrected chi connectivity index (χ2v) is 6.21. The van der Waals surface area contributed by atoms with Gasteiger partial charge in [-0.1, -0.05) is 35.5 Å². The van der Waals surface area contributed by atoms with Gasteiger partial charge in [0.2, 0.25) is 0 Å². The molecule has 0 atom stereocenters. The Kier molecular flexibility index (Phi) is 4.98. The lowest BCUT2D eigenvalue weighted by Crippen LogP contribution is -2.14. The molecule has 0 fully saturated rings. The number of aliphatic imine (C=N–C) groups is 1. The van der Waals surface area contributed by atoms with E-state index < -0.39 is 0 Å². The van der Waals surface area contributed by atoms with E-state index in [1.54, 1.807) is 0 Å². The summed E-state index contributed by atoms with van der Waals surface area (Å²) in [6, 6.07) is 16.2. The topological polar surface area (TPSA) is 41.6 Å². The van der Waals surface area contributed by atoms with Crippen molar-refractivity contribution in [3.05, 3.63) is 59.7 Å². The third-order valence-corrected chi connectivity index (χ3v) is 4.28. The maximum absolute atomic E-state index is 5.60. The molecule has 3 aromatic rings. The van der Waals surface area contributed by atoms with Gasteiger partial charge in [0.15, 0.2) is 5.76 Å². The van der Waals surface area contributed by atoms with Gasteiger partial charge in [0.25, 0.3) is 0 Å². The molecule has 2 aromatic carbocycles. The third kappa shape index (κ3) is 3.79. The van der Waals surface area contributed by atoms with Gasteiger partial charge in [-0.2, -0.15) is 0 Å². The average molecular weight is 333 g/mol. The molecule has 0 bridgehead atoms. The van der Waals surface area contributed by atoms with E-state index in [0.717, 1.165) is 45.9 Å². The van der Waals surface area contributed by atoms with Crippen molar-refractivity contribution in [2.24, 2.45) is 4.99 Å². The van der Waals surface area contributed by atoms with Gasteiger partial charge in [-0.3, -0.25) is 0 Å². The largest absolute Gasteiger partial charge is 0.366 e. The molecule has 0 aliphatic rings. The van der Waals surface area contributed by atoms with Crippen molar-refractivity contribution in [1.29, 1.82) is 0 Å². The Morgan fingerprint density at radius 1 is 1.08 bits per heavy atom. The van der Waals surface area contributed by atoms with Crippen molar-refractivity contribution in [3.63, 3.8) is 0 Å². The fraction of sp³-hybridized carbons (Fsp3) is 0.238. The smallest absolute Gasteiger partial charge is 0.167 e. The summed E-state index contributed by atoms with van der Waals surface area (Å²) < 4.78 is 5.60. The highest BCUT2D eigenvalue weighted by Crippen LogP contribution is 2.32. The predicted octanol–water partition coefficient (Wildman–Crippen LogP) is 5.24. The van der Waals surface area contributed by atoms with E-state index in [4.69, 9.17) is 4.52 Å². The van der Waals surface area contributed by atoms with Gasteiger partial charge in [0.05, 0.1) is 12.0 Å². The molecule has 0 radical (unpaired) electrons. The summed E-state index contributed by atoms with van der Waals surface area (Å²) >= 11 is 0. The van der Waals surface area contributed by atoms with Gasteiger partial charge in [0.1, 0.15) is 5.69 Å². The van der Waals surface area contributed by atoms with Crippen molar-refractivity contribution in [3.8, 4) is 22.6 Å². The average Bonchev–Trinajstić information content (AvgIpc) is 3.12. The summed E-state index contributed by atoms with van der Waals surface area (Å²) in [4.78, 5) is 6.63. The molecule has 0 unspecified atom stereocenters. The zero-order chi connectivity index (χ0) is 17.8. The van der Waals surface area contributed by atoms with E-state index >= 15 is 0 Å². The van der Waals surface area contributed by atoms with E-state index in [1.165, 1.54) is 0 Å². The molecule has 25 heavy (non-hydrogen) atoms. The second kappa shape index (κ2) is 7.34. The van der Waals surface area contributed by atoms with E-state index in [9.17, 15) is 0 Å². The minimum absolute atomic E-state index is 0.778. The molecule has 0 saturated carbocycles. The number of aryl methyl sites for hydroxylation is 2. The lowest BCUT2D eigenvalue weighted by Gasteiger charge is -2.10. The maximum atomic E-state index is 5.60. The molecule has 0 aliphatic carbocycles. The lowest BCUT2D eigenvalue weighted by atomic mass is 10.0. The molecule has 0 amide bonds. The first-order chi connectivity index (χ1) is 12.1. The Balaban J connectivity index is 1.92. The van der Waals surface area contributed by atoms with Gasteiger partial charge in [-0.15, -0.1) is 0 Å². The molecule has 1 heterocycles. The fourth-order valence-corrected chi connectivity index (χ4v) is 2.60. The molecular formula is C21H23N3O. The van der Waals surface area contributed by atoms with Crippen molar-refractivity contribution in [1.82, 2.24) is 10.1 Å². The number of hydrogen-bond acceptors (Lipinski definition) is 3. The van der Waals surface area contributed by atoms with Crippen molar-refractivity contribution in [2.75, 3.05) is 13.6 Å². The summed E-state index contributed by atoms with van der Waals surface area (Å²) in [6.45, 7) is 7.17. The van der Waals surface area contributed by atoms with Crippen LogP contribution in [0.3, 0.4) is 0 Å². The van der Waals surface area contributed by atoms with Gasteiger partial charge < -0.3 is 9.42 Å². The van der Waals surface area contributed by atoms with Crippen LogP contribution in [0.15, 0.2) is 58.0 Å². The monoisotopic (exact) mass is 333 g/mol. The quantitative estimate of drug-likeness (QED) is 0.474. The summed E-state index contributed by atoms with van der Waals surface area (Å²) in [5, 5.41) is 4.22. The van der Waals surface area contributed by atoms with Crippen LogP contribution in [0.25, 0.3) is 22.6 Å². The Morgan fingerprint density at radius 2 is 1.84 bits per heavy atom. The van der Waals surface area contributed by atoms with E-state index in [2.05, 4.69) is 43.1 Å². The van der Waals surface area contributed by atoms with Gasteiger partial charge >= 0.3 is 0 Å². The minimum atomic E-state index is 0.778. The fourth-order valence-electron chi connectivity index (χ4n) is 2.60. The SMILES string of the molecule is CCN(C)/C=N\c1cc(C)c(-c2cc(-c3ccccc3)no2)cc1C. The van der Waals surface area contributed by atoms with Crippen LogP contribution in [-0.2, 0) is 0 Å². The highest BCUT2D eigenvalue weighted by atomic mass is 16.5. The van der Waals surface area contributed by atoms with Crippen molar-refractivity contribution in [2.45, 2.75) is 20.8 Å². The zero-order valence-electron chi connectivity index (χ0n) is 15.2. The van der Waals surface area contributed by atoms with Gasteiger partial charge in [-0.05, 0) is 44.0 Å². The Labute approximate surface area is 148 Å². The third-order valence-electron chi connectivity index (χ3n) is 4.28. The number of aromatic nitrogens is 1. The molecule has 4 heteroatoms. The van der Waals surface area contributed by atoms with Crippen molar-refractivity contribution < 1.29 is 4.52 Å². The van der Waals surface area contributed by atoms with Crippen molar-refractivity contribution >= 4 is 12.0 Å². The molecule has 4 nitrogen and oxygen atoms in total.